The van der Waals surface area contributed by atoms with Gasteiger partial charge in [-0.2, -0.15) is 0 Å². The summed E-state index contributed by atoms with van der Waals surface area (Å²) < 4.78 is 7.42. The molecule has 0 unspecified atom stereocenters. The van der Waals surface area contributed by atoms with Crippen LogP contribution in [0.15, 0.2) is 303 Å². The number of hydrogen-bond acceptors (Lipinski definition) is 2. The largest absolute Gasteiger partial charge is 0.311 e. The van der Waals surface area contributed by atoms with Gasteiger partial charge in [0, 0.05) is 77.8 Å². The predicted molar refractivity (Wildman–Crippen MR) is 354 cm³/mol. The molecule has 0 amide bonds. The minimum Gasteiger partial charge on any atom is -0.311 e. The molecule has 2 aliphatic heterocycles. The van der Waals surface area contributed by atoms with Crippen LogP contribution in [0.1, 0.15) is 0 Å². The number of aromatic nitrogens is 3. The van der Waals surface area contributed by atoms with Crippen LogP contribution < -0.4 is 26.2 Å². The Morgan fingerprint density at radius 2 is 0.464 bits per heavy atom. The quantitative estimate of drug-likeness (QED) is 0.148. The molecule has 0 saturated carbocycles. The molecule has 390 valence electrons. The van der Waals surface area contributed by atoms with Crippen LogP contribution in [0.2, 0.25) is 0 Å². The fourth-order valence-corrected chi connectivity index (χ4v) is 14.4. The van der Waals surface area contributed by atoms with Crippen molar-refractivity contribution in [1.82, 2.24) is 13.7 Å². The number of fused-ring (bicyclic) bond motifs is 13. The lowest BCUT2D eigenvalue weighted by Gasteiger charge is -2.44. The monoisotopic (exact) mass is 1070 g/mol. The van der Waals surface area contributed by atoms with E-state index in [-0.39, 0.29) is 6.71 Å². The maximum atomic E-state index is 2.57. The number of rotatable bonds is 7. The van der Waals surface area contributed by atoms with Crippen LogP contribution in [0.25, 0.3) is 105 Å². The number of benzene rings is 13. The third kappa shape index (κ3) is 6.85. The zero-order chi connectivity index (χ0) is 55.0. The smallest absolute Gasteiger partial charge is 0.252 e. The standard InChI is InChI=1S/C78H50BN5/c1-3-19-51(20-4-1)53-35-39-55(40-36-53)80-74-47-57(82-68-29-13-7-23-60(68)61-24-8-14-30-69(61)82)43-45-66(74)79-67-46-44-58(83-70-31-15-9-25-62(70)63-26-10-16-32-71(63)83)48-75(67)81(56-41-37-54(38-42-56)52-21-5-2-6-22-52)77-50-59(49-76(80)78(77)79)84-72-33-17-11-27-64(72)65-28-12-18-34-73(65)84/h1-50H. The van der Waals surface area contributed by atoms with Crippen molar-refractivity contribution in [1.29, 1.82) is 0 Å². The minimum atomic E-state index is -0.147. The van der Waals surface area contributed by atoms with Gasteiger partial charge in [-0.15, -0.1) is 0 Å². The highest BCUT2D eigenvalue weighted by atomic mass is 15.2. The summed E-state index contributed by atoms with van der Waals surface area (Å²) in [6.45, 7) is -0.147. The zero-order valence-electron chi connectivity index (χ0n) is 45.7. The topological polar surface area (TPSA) is 21.3 Å². The van der Waals surface area contributed by atoms with Gasteiger partial charge in [-0.25, -0.2) is 0 Å². The average Bonchev–Trinajstić information content (AvgIpc) is 2.53. The van der Waals surface area contributed by atoms with E-state index in [0.29, 0.717) is 0 Å². The van der Waals surface area contributed by atoms with Crippen molar-refractivity contribution in [3.63, 3.8) is 0 Å². The van der Waals surface area contributed by atoms with E-state index in [4.69, 9.17) is 0 Å². The van der Waals surface area contributed by atoms with Gasteiger partial charge in [0.05, 0.1) is 38.8 Å². The van der Waals surface area contributed by atoms with Crippen molar-refractivity contribution in [3.8, 4) is 39.3 Å². The van der Waals surface area contributed by atoms with E-state index >= 15 is 0 Å². The third-order valence-electron chi connectivity index (χ3n) is 18.0. The lowest BCUT2D eigenvalue weighted by atomic mass is 9.33. The molecule has 3 aromatic heterocycles. The van der Waals surface area contributed by atoms with Crippen LogP contribution in [0.3, 0.4) is 0 Å². The van der Waals surface area contributed by atoms with Gasteiger partial charge in [-0.05, 0) is 136 Å². The molecule has 13 aromatic carbocycles. The molecule has 0 saturated heterocycles. The Hall–Kier alpha value is -11.1. The normalized spacial score (nSPS) is 12.7. The molecule has 84 heavy (non-hydrogen) atoms. The number of para-hydroxylation sites is 6. The number of hydrogen-bond donors (Lipinski definition) is 0. The first-order valence-electron chi connectivity index (χ1n) is 29.0. The van der Waals surface area contributed by atoms with Gasteiger partial charge in [0.15, 0.2) is 0 Å². The van der Waals surface area contributed by atoms with E-state index < -0.39 is 0 Å². The van der Waals surface area contributed by atoms with Crippen molar-refractivity contribution in [2.24, 2.45) is 0 Å². The second kappa shape index (κ2) is 18.2. The first-order valence-corrected chi connectivity index (χ1v) is 29.0. The second-order valence-corrected chi connectivity index (χ2v) is 22.4. The maximum Gasteiger partial charge on any atom is 0.252 e. The Morgan fingerprint density at radius 3 is 0.798 bits per heavy atom. The van der Waals surface area contributed by atoms with Gasteiger partial charge in [0.25, 0.3) is 6.71 Å². The Balaban J connectivity index is 0.965. The fourth-order valence-electron chi connectivity index (χ4n) is 14.4. The Morgan fingerprint density at radius 1 is 0.202 bits per heavy atom. The van der Waals surface area contributed by atoms with E-state index in [1.165, 1.54) is 93.0 Å². The molecule has 5 heterocycles. The summed E-state index contributed by atoms with van der Waals surface area (Å²) in [6.07, 6.45) is 0. The first-order chi connectivity index (χ1) is 41.7. The first kappa shape index (κ1) is 46.7. The molecular formula is C78H50BN5. The highest BCUT2D eigenvalue weighted by Crippen LogP contribution is 2.48. The molecule has 5 nitrogen and oxygen atoms in total. The lowest BCUT2D eigenvalue weighted by Crippen LogP contribution is -2.61. The van der Waals surface area contributed by atoms with Crippen molar-refractivity contribution < 1.29 is 0 Å². The van der Waals surface area contributed by atoms with Gasteiger partial charge in [-0.3, -0.25) is 0 Å². The average molecular weight is 1070 g/mol. The molecule has 16 aromatic rings. The van der Waals surface area contributed by atoms with Crippen molar-refractivity contribution in [2.75, 3.05) is 9.80 Å². The molecular weight excluding hydrogens is 1020 g/mol. The molecule has 6 heteroatoms. The van der Waals surface area contributed by atoms with Gasteiger partial charge >= 0.3 is 0 Å². The van der Waals surface area contributed by atoms with E-state index in [9.17, 15) is 0 Å². The van der Waals surface area contributed by atoms with Crippen molar-refractivity contribution >= 4 is 123 Å². The van der Waals surface area contributed by atoms with Gasteiger partial charge in [-0.1, -0.05) is 206 Å². The summed E-state index contributed by atoms with van der Waals surface area (Å²) >= 11 is 0. The fraction of sp³-hybridized carbons (Fsp3) is 0. The molecule has 0 radical (unpaired) electrons. The molecule has 18 rings (SSSR count). The molecule has 2 aliphatic rings. The molecule has 0 bridgehead atoms. The number of nitrogens with zero attached hydrogens (tertiary/aromatic N) is 5. The van der Waals surface area contributed by atoms with Gasteiger partial charge < -0.3 is 23.5 Å². The third-order valence-corrected chi connectivity index (χ3v) is 18.0. The minimum absolute atomic E-state index is 0.147. The summed E-state index contributed by atoms with van der Waals surface area (Å²) in [5.41, 5.74) is 25.5. The van der Waals surface area contributed by atoms with E-state index in [1.807, 2.05) is 0 Å². The van der Waals surface area contributed by atoms with Crippen LogP contribution in [0.5, 0.6) is 0 Å². The van der Waals surface area contributed by atoms with E-state index in [2.05, 4.69) is 327 Å². The van der Waals surface area contributed by atoms with E-state index in [0.717, 1.165) is 62.2 Å². The predicted octanol–water partition coefficient (Wildman–Crippen LogP) is 18.4. The molecule has 0 atom stereocenters. The highest BCUT2D eigenvalue weighted by Gasteiger charge is 2.44. The Bertz CT molecular complexity index is 4890. The molecule has 0 aliphatic carbocycles. The molecule has 0 spiro atoms. The second-order valence-electron chi connectivity index (χ2n) is 22.4. The number of anilines is 6. The summed E-state index contributed by atoms with van der Waals surface area (Å²) in [7, 11) is 0. The summed E-state index contributed by atoms with van der Waals surface area (Å²) in [5.74, 6) is 0. The highest BCUT2D eigenvalue weighted by molar-refractivity contribution is 7.00. The van der Waals surface area contributed by atoms with Crippen LogP contribution in [-0.2, 0) is 0 Å². The molecule has 0 N–H and O–H groups in total. The summed E-state index contributed by atoms with van der Waals surface area (Å²) in [6, 6.07) is 113. The van der Waals surface area contributed by atoms with Crippen LogP contribution >= 0.6 is 0 Å². The van der Waals surface area contributed by atoms with Crippen LogP contribution in [0, 0.1) is 0 Å². The molecule has 0 fully saturated rings. The SMILES string of the molecule is c1ccc(-c2ccc(N3c4cc(-n5c6ccccc6c6ccccc65)ccc4B4c5ccc(-n6c7ccccc7c7ccccc76)cc5N(c5ccc(-c6ccccc6)cc5)c5cc(-n6c7ccccc7c7ccccc76)cc3c54)cc2)cc1. The van der Waals surface area contributed by atoms with Crippen molar-refractivity contribution in [2.45, 2.75) is 0 Å². The summed E-state index contributed by atoms with van der Waals surface area (Å²) in [5, 5.41) is 7.40. The van der Waals surface area contributed by atoms with Crippen LogP contribution in [0.4, 0.5) is 34.1 Å². The maximum absolute atomic E-state index is 2.57. The Labute approximate surface area is 486 Å². The Kier molecular flexibility index (Phi) is 10.1. The summed E-state index contributed by atoms with van der Waals surface area (Å²) in [4.78, 5) is 5.14. The lowest BCUT2D eigenvalue weighted by molar-refractivity contribution is 1.15. The van der Waals surface area contributed by atoms with E-state index in [1.54, 1.807) is 0 Å². The van der Waals surface area contributed by atoms with Gasteiger partial charge in [0.2, 0.25) is 0 Å². The van der Waals surface area contributed by atoms with Crippen molar-refractivity contribution in [3.05, 3.63) is 303 Å². The van der Waals surface area contributed by atoms with Crippen LogP contribution in [-0.4, -0.2) is 20.4 Å². The zero-order valence-corrected chi connectivity index (χ0v) is 45.7. The van der Waals surface area contributed by atoms with Gasteiger partial charge in [0.1, 0.15) is 0 Å².